The van der Waals surface area contributed by atoms with Crippen LogP contribution in [0.2, 0.25) is 0 Å². The molecule has 1 aromatic carbocycles. The van der Waals surface area contributed by atoms with E-state index in [9.17, 15) is 0 Å². The van der Waals surface area contributed by atoms with Gasteiger partial charge in [-0.3, -0.25) is 0 Å². The summed E-state index contributed by atoms with van der Waals surface area (Å²) in [5.74, 6) is 0.888. The van der Waals surface area contributed by atoms with E-state index < -0.39 is 0 Å². The second-order valence-corrected chi connectivity index (χ2v) is 4.01. The SMILES string of the molecule is COc1cccc([C@@H](C)NCc2ccoc2)c1. The Balaban J connectivity index is 1.96. The topological polar surface area (TPSA) is 34.4 Å². The van der Waals surface area contributed by atoms with Gasteiger partial charge in [0.15, 0.2) is 0 Å². The fourth-order valence-corrected chi connectivity index (χ4v) is 1.69. The van der Waals surface area contributed by atoms with Gasteiger partial charge in [0.2, 0.25) is 0 Å². The molecule has 0 radical (unpaired) electrons. The quantitative estimate of drug-likeness (QED) is 0.858. The summed E-state index contributed by atoms with van der Waals surface area (Å²) in [6.07, 6.45) is 3.44. The lowest BCUT2D eigenvalue weighted by molar-refractivity contribution is 0.413. The molecule has 0 saturated heterocycles. The summed E-state index contributed by atoms with van der Waals surface area (Å²) in [6.45, 7) is 2.93. The van der Waals surface area contributed by atoms with Crippen molar-refractivity contribution in [3.63, 3.8) is 0 Å². The minimum atomic E-state index is 0.278. The Kier molecular flexibility index (Phi) is 3.83. The van der Waals surface area contributed by atoms with Crippen molar-refractivity contribution in [3.05, 3.63) is 54.0 Å². The molecular weight excluding hydrogens is 214 g/mol. The highest BCUT2D eigenvalue weighted by Crippen LogP contribution is 2.19. The summed E-state index contributed by atoms with van der Waals surface area (Å²) in [4.78, 5) is 0. The van der Waals surface area contributed by atoms with E-state index in [2.05, 4.69) is 18.3 Å². The summed E-state index contributed by atoms with van der Waals surface area (Å²) in [5.41, 5.74) is 2.37. The first kappa shape index (κ1) is 11.7. The largest absolute Gasteiger partial charge is 0.497 e. The van der Waals surface area contributed by atoms with Gasteiger partial charge in [-0.05, 0) is 30.7 Å². The lowest BCUT2D eigenvalue weighted by atomic mass is 10.1. The van der Waals surface area contributed by atoms with E-state index in [0.717, 1.165) is 17.9 Å². The van der Waals surface area contributed by atoms with Crippen LogP contribution in [0.25, 0.3) is 0 Å². The van der Waals surface area contributed by atoms with Crippen LogP contribution in [0, 0.1) is 0 Å². The predicted octanol–water partition coefficient (Wildman–Crippen LogP) is 3.14. The van der Waals surface area contributed by atoms with Gasteiger partial charge in [-0.1, -0.05) is 12.1 Å². The molecule has 0 amide bonds. The maximum atomic E-state index is 5.21. The van der Waals surface area contributed by atoms with Crippen molar-refractivity contribution >= 4 is 0 Å². The average Bonchev–Trinajstić information content (AvgIpc) is 2.89. The number of benzene rings is 1. The Morgan fingerprint density at radius 3 is 2.94 bits per heavy atom. The third-order valence-corrected chi connectivity index (χ3v) is 2.79. The van der Waals surface area contributed by atoms with Gasteiger partial charge in [-0.15, -0.1) is 0 Å². The van der Waals surface area contributed by atoms with Crippen molar-refractivity contribution in [3.8, 4) is 5.75 Å². The summed E-state index contributed by atoms with van der Waals surface area (Å²) < 4.78 is 10.2. The molecule has 3 heteroatoms. The second kappa shape index (κ2) is 5.55. The van der Waals surface area contributed by atoms with Crippen molar-refractivity contribution in [2.75, 3.05) is 7.11 Å². The van der Waals surface area contributed by atoms with E-state index >= 15 is 0 Å². The Labute approximate surface area is 101 Å². The van der Waals surface area contributed by atoms with Crippen LogP contribution < -0.4 is 10.1 Å². The van der Waals surface area contributed by atoms with Crippen LogP contribution in [0.15, 0.2) is 47.3 Å². The first-order chi connectivity index (χ1) is 8.29. The lowest BCUT2D eigenvalue weighted by Gasteiger charge is -2.14. The maximum Gasteiger partial charge on any atom is 0.119 e. The van der Waals surface area contributed by atoms with Gasteiger partial charge in [0, 0.05) is 18.2 Å². The number of ether oxygens (including phenoxy) is 1. The van der Waals surface area contributed by atoms with Crippen LogP contribution >= 0.6 is 0 Å². The number of nitrogens with one attached hydrogen (secondary N) is 1. The van der Waals surface area contributed by atoms with E-state index in [4.69, 9.17) is 9.15 Å². The average molecular weight is 231 g/mol. The Bertz CT molecular complexity index is 451. The van der Waals surface area contributed by atoms with Gasteiger partial charge >= 0.3 is 0 Å². The molecule has 0 spiro atoms. The van der Waals surface area contributed by atoms with E-state index in [-0.39, 0.29) is 6.04 Å². The van der Waals surface area contributed by atoms with E-state index in [1.54, 1.807) is 19.6 Å². The van der Waals surface area contributed by atoms with E-state index in [1.165, 1.54) is 5.56 Å². The van der Waals surface area contributed by atoms with Gasteiger partial charge in [0.25, 0.3) is 0 Å². The molecule has 0 aliphatic carbocycles. The van der Waals surface area contributed by atoms with Gasteiger partial charge in [0.05, 0.1) is 19.6 Å². The molecule has 1 heterocycles. The van der Waals surface area contributed by atoms with Gasteiger partial charge in [0.1, 0.15) is 5.75 Å². The molecule has 0 bridgehead atoms. The third-order valence-electron chi connectivity index (χ3n) is 2.79. The molecule has 1 N–H and O–H groups in total. The number of hydrogen-bond donors (Lipinski definition) is 1. The van der Waals surface area contributed by atoms with Crippen molar-refractivity contribution in [1.82, 2.24) is 5.32 Å². The molecule has 1 aromatic heterocycles. The van der Waals surface area contributed by atoms with Crippen LogP contribution in [-0.2, 0) is 6.54 Å². The first-order valence-corrected chi connectivity index (χ1v) is 5.68. The summed E-state index contributed by atoms with van der Waals surface area (Å²) in [5, 5.41) is 3.44. The Hall–Kier alpha value is -1.74. The fraction of sp³-hybridized carbons (Fsp3) is 0.286. The maximum absolute atomic E-state index is 5.21. The molecule has 0 fully saturated rings. The molecule has 3 nitrogen and oxygen atoms in total. The predicted molar refractivity (Wildman–Crippen MR) is 67.0 cm³/mol. The van der Waals surface area contributed by atoms with Crippen molar-refractivity contribution in [1.29, 1.82) is 0 Å². The van der Waals surface area contributed by atoms with Crippen LogP contribution in [0.1, 0.15) is 24.1 Å². The third kappa shape index (κ3) is 3.11. The molecule has 90 valence electrons. The first-order valence-electron chi connectivity index (χ1n) is 5.68. The zero-order chi connectivity index (χ0) is 12.1. The molecule has 0 unspecified atom stereocenters. The summed E-state index contributed by atoms with van der Waals surface area (Å²) >= 11 is 0. The van der Waals surface area contributed by atoms with Crippen LogP contribution in [0.4, 0.5) is 0 Å². The van der Waals surface area contributed by atoms with E-state index in [1.807, 2.05) is 24.3 Å². The molecule has 2 aromatic rings. The van der Waals surface area contributed by atoms with Crippen molar-refractivity contribution in [2.24, 2.45) is 0 Å². The molecule has 0 aliphatic rings. The fourth-order valence-electron chi connectivity index (χ4n) is 1.69. The van der Waals surface area contributed by atoms with Gasteiger partial charge in [-0.25, -0.2) is 0 Å². The standard InChI is InChI=1S/C14H17NO2/c1-11(15-9-12-6-7-17-10-12)13-4-3-5-14(8-13)16-2/h3-8,10-11,15H,9H2,1-2H3/t11-/m1/s1. The summed E-state index contributed by atoms with van der Waals surface area (Å²) in [6, 6.07) is 10.3. The molecule has 17 heavy (non-hydrogen) atoms. The highest BCUT2D eigenvalue weighted by Gasteiger charge is 2.06. The molecule has 2 rings (SSSR count). The minimum absolute atomic E-state index is 0.278. The van der Waals surface area contributed by atoms with Crippen LogP contribution in [-0.4, -0.2) is 7.11 Å². The number of hydrogen-bond acceptors (Lipinski definition) is 3. The Morgan fingerprint density at radius 1 is 1.35 bits per heavy atom. The molecule has 0 aliphatic heterocycles. The van der Waals surface area contributed by atoms with Crippen LogP contribution in [0.5, 0.6) is 5.75 Å². The van der Waals surface area contributed by atoms with Crippen molar-refractivity contribution < 1.29 is 9.15 Å². The van der Waals surface area contributed by atoms with Gasteiger partial charge in [-0.2, -0.15) is 0 Å². The van der Waals surface area contributed by atoms with Crippen molar-refractivity contribution in [2.45, 2.75) is 19.5 Å². The molecular formula is C14H17NO2. The van der Waals surface area contributed by atoms with Crippen LogP contribution in [0.3, 0.4) is 0 Å². The lowest BCUT2D eigenvalue weighted by Crippen LogP contribution is -2.17. The van der Waals surface area contributed by atoms with E-state index in [0.29, 0.717) is 0 Å². The normalized spacial score (nSPS) is 12.4. The number of methoxy groups -OCH3 is 1. The zero-order valence-electron chi connectivity index (χ0n) is 10.1. The molecule has 0 saturated carbocycles. The highest BCUT2D eigenvalue weighted by atomic mass is 16.5. The number of furan rings is 1. The number of rotatable bonds is 5. The monoisotopic (exact) mass is 231 g/mol. The minimum Gasteiger partial charge on any atom is -0.497 e. The van der Waals surface area contributed by atoms with Gasteiger partial charge < -0.3 is 14.5 Å². The second-order valence-electron chi connectivity index (χ2n) is 4.01. The molecule has 1 atom stereocenters. The zero-order valence-corrected chi connectivity index (χ0v) is 10.1. The summed E-state index contributed by atoms with van der Waals surface area (Å²) in [7, 11) is 1.68. The Morgan fingerprint density at radius 2 is 2.24 bits per heavy atom. The highest BCUT2D eigenvalue weighted by molar-refractivity contribution is 5.30. The smallest absolute Gasteiger partial charge is 0.119 e.